The molecule has 0 spiro atoms. The van der Waals surface area contributed by atoms with Crippen molar-refractivity contribution in [2.45, 2.75) is 6.92 Å². The highest BCUT2D eigenvalue weighted by Gasteiger charge is 1.95. The normalized spacial score (nSPS) is 10.5. The molecule has 0 fully saturated rings. The van der Waals surface area contributed by atoms with E-state index in [9.17, 15) is 0 Å². The summed E-state index contributed by atoms with van der Waals surface area (Å²) in [5, 5.41) is 0. The zero-order valence-electron chi connectivity index (χ0n) is 5.63. The second-order valence-electron chi connectivity index (χ2n) is 2.20. The van der Waals surface area contributed by atoms with Gasteiger partial charge in [-0.1, -0.05) is 0 Å². The highest BCUT2D eigenvalue weighted by molar-refractivity contribution is 5.69. The number of hydrogen-bond donors (Lipinski definition) is 1. The highest BCUT2D eigenvalue weighted by Crippen LogP contribution is 2.05. The van der Waals surface area contributed by atoms with Gasteiger partial charge in [-0.15, -0.1) is 0 Å². The van der Waals surface area contributed by atoms with Crippen LogP contribution in [-0.2, 0) is 0 Å². The van der Waals surface area contributed by atoms with Crippen LogP contribution in [0.2, 0.25) is 0 Å². The molecule has 0 amide bonds. The summed E-state index contributed by atoms with van der Waals surface area (Å²) in [5.74, 6) is 0.911. The van der Waals surface area contributed by atoms with E-state index in [1.54, 1.807) is 6.20 Å². The molecule has 0 bridgehead atoms. The van der Waals surface area contributed by atoms with Crippen molar-refractivity contribution in [3.8, 4) is 0 Å². The van der Waals surface area contributed by atoms with Crippen LogP contribution >= 0.6 is 0 Å². The van der Waals surface area contributed by atoms with Crippen molar-refractivity contribution >= 4 is 11.2 Å². The van der Waals surface area contributed by atoms with Gasteiger partial charge in [-0.3, -0.25) is 0 Å². The lowest BCUT2D eigenvalue weighted by Crippen LogP contribution is -1.72. The second kappa shape index (κ2) is 1.80. The number of aromatic nitrogens is 3. The summed E-state index contributed by atoms with van der Waals surface area (Å²) in [4.78, 5) is 11.3. The number of fused-ring (bicyclic) bond motifs is 1. The van der Waals surface area contributed by atoms with Gasteiger partial charge < -0.3 is 4.98 Å². The molecule has 0 saturated heterocycles. The van der Waals surface area contributed by atoms with E-state index >= 15 is 0 Å². The lowest BCUT2D eigenvalue weighted by atomic mass is 10.4. The van der Waals surface area contributed by atoms with Gasteiger partial charge >= 0.3 is 0 Å². The Balaban J connectivity index is 0.000000605. The molecule has 2 heterocycles. The highest BCUT2D eigenvalue weighted by atomic mass is 15.0. The Morgan fingerprint density at radius 2 is 2.50 bits per heavy atom. The Morgan fingerprint density at radius 3 is 3.30 bits per heavy atom. The van der Waals surface area contributed by atoms with Crippen LogP contribution in [-0.4, -0.2) is 15.0 Å². The summed E-state index contributed by atoms with van der Waals surface area (Å²) >= 11 is 0. The van der Waals surface area contributed by atoms with Crippen molar-refractivity contribution in [3.63, 3.8) is 0 Å². The van der Waals surface area contributed by atoms with Gasteiger partial charge in [0.25, 0.3) is 0 Å². The SMILES string of the molecule is Cc1nc2ncccc2[nH]1.[HH]. The Bertz CT molecular complexity index is 322. The maximum absolute atomic E-state index is 4.15. The minimum Gasteiger partial charge on any atom is -0.341 e. The molecule has 0 radical (unpaired) electrons. The number of nitrogens with zero attached hydrogens (tertiary/aromatic N) is 2. The molecule has 3 heteroatoms. The number of nitrogens with one attached hydrogen (secondary N) is 1. The molecule has 0 atom stereocenters. The molecular formula is C7H9N3. The summed E-state index contributed by atoms with van der Waals surface area (Å²) in [6.07, 6.45) is 1.74. The maximum atomic E-state index is 4.15. The van der Waals surface area contributed by atoms with E-state index < -0.39 is 0 Å². The second-order valence-corrected chi connectivity index (χ2v) is 2.20. The summed E-state index contributed by atoms with van der Waals surface area (Å²) in [6.45, 7) is 1.92. The molecule has 0 saturated carbocycles. The number of aryl methyl sites for hydroxylation is 1. The molecule has 0 unspecified atom stereocenters. The first-order valence-corrected chi connectivity index (χ1v) is 3.13. The first-order chi connectivity index (χ1) is 4.86. The predicted octanol–water partition coefficient (Wildman–Crippen LogP) is 1.51. The van der Waals surface area contributed by atoms with E-state index in [0.717, 1.165) is 17.0 Å². The van der Waals surface area contributed by atoms with Crippen molar-refractivity contribution in [1.82, 2.24) is 15.0 Å². The molecule has 2 aromatic rings. The Hall–Kier alpha value is -1.38. The van der Waals surface area contributed by atoms with E-state index in [2.05, 4.69) is 15.0 Å². The van der Waals surface area contributed by atoms with Gasteiger partial charge in [-0.05, 0) is 19.1 Å². The fourth-order valence-electron chi connectivity index (χ4n) is 0.965. The van der Waals surface area contributed by atoms with Gasteiger partial charge in [0.1, 0.15) is 5.82 Å². The monoisotopic (exact) mass is 135 g/mol. The number of aromatic amines is 1. The largest absolute Gasteiger partial charge is 0.341 e. The molecule has 2 aromatic heterocycles. The molecule has 0 aromatic carbocycles. The number of rotatable bonds is 0. The summed E-state index contributed by atoms with van der Waals surface area (Å²) in [5.41, 5.74) is 1.79. The number of pyridine rings is 1. The fourth-order valence-corrected chi connectivity index (χ4v) is 0.965. The average Bonchev–Trinajstić information content (AvgIpc) is 2.27. The molecule has 0 aliphatic rings. The topological polar surface area (TPSA) is 41.6 Å². The first-order valence-electron chi connectivity index (χ1n) is 3.13. The van der Waals surface area contributed by atoms with Crippen molar-refractivity contribution < 1.29 is 1.43 Å². The fraction of sp³-hybridized carbons (Fsp3) is 0.143. The van der Waals surface area contributed by atoms with Crippen molar-refractivity contribution in [2.75, 3.05) is 0 Å². The molecule has 52 valence electrons. The van der Waals surface area contributed by atoms with Crippen molar-refractivity contribution in [3.05, 3.63) is 24.2 Å². The summed E-state index contributed by atoms with van der Waals surface area (Å²) in [6, 6.07) is 3.85. The molecular weight excluding hydrogens is 126 g/mol. The average molecular weight is 135 g/mol. The van der Waals surface area contributed by atoms with E-state index in [0.29, 0.717) is 0 Å². The minimum absolute atomic E-state index is 0. The summed E-state index contributed by atoms with van der Waals surface area (Å²) < 4.78 is 0. The van der Waals surface area contributed by atoms with Crippen LogP contribution in [0.4, 0.5) is 0 Å². The maximum Gasteiger partial charge on any atom is 0.177 e. The summed E-state index contributed by atoms with van der Waals surface area (Å²) in [7, 11) is 0. The van der Waals surface area contributed by atoms with E-state index in [-0.39, 0.29) is 1.43 Å². The number of H-pyrrole nitrogens is 1. The third-order valence-corrected chi connectivity index (χ3v) is 1.38. The third-order valence-electron chi connectivity index (χ3n) is 1.38. The van der Waals surface area contributed by atoms with Crippen molar-refractivity contribution in [1.29, 1.82) is 0 Å². The van der Waals surface area contributed by atoms with Crippen LogP contribution in [0, 0.1) is 6.92 Å². The Labute approximate surface area is 59.6 Å². The van der Waals surface area contributed by atoms with Crippen LogP contribution in [0.25, 0.3) is 11.2 Å². The van der Waals surface area contributed by atoms with Crippen LogP contribution in [0.1, 0.15) is 7.25 Å². The first kappa shape index (κ1) is 5.41. The van der Waals surface area contributed by atoms with Gasteiger partial charge in [-0.25, -0.2) is 9.97 Å². The van der Waals surface area contributed by atoms with Gasteiger partial charge in [-0.2, -0.15) is 0 Å². The molecule has 2 rings (SSSR count). The minimum atomic E-state index is 0. The van der Waals surface area contributed by atoms with Crippen molar-refractivity contribution in [2.24, 2.45) is 0 Å². The molecule has 3 nitrogen and oxygen atoms in total. The van der Waals surface area contributed by atoms with Gasteiger partial charge in [0.15, 0.2) is 5.65 Å². The van der Waals surface area contributed by atoms with Gasteiger partial charge in [0.2, 0.25) is 0 Å². The van der Waals surface area contributed by atoms with Crippen LogP contribution in [0.5, 0.6) is 0 Å². The van der Waals surface area contributed by atoms with Gasteiger partial charge in [0.05, 0.1) is 5.52 Å². The lowest BCUT2D eigenvalue weighted by Gasteiger charge is -1.80. The van der Waals surface area contributed by atoms with E-state index in [4.69, 9.17) is 0 Å². The molecule has 0 aliphatic carbocycles. The van der Waals surface area contributed by atoms with E-state index in [1.807, 2.05) is 19.1 Å². The smallest absolute Gasteiger partial charge is 0.177 e. The number of hydrogen-bond acceptors (Lipinski definition) is 2. The third kappa shape index (κ3) is 0.673. The molecule has 1 N–H and O–H groups in total. The Morgan fingerprint density at radius 1 is 1.60 bits per heavy atom. The van der Waals surface area contributed by atoms with Gasteiger partial charge in [0, 0.05) is 7.62 Å². The molecule has 0 aliphatic heterocycles. The standard InChI is InChI=1S/C7H7N3.H2/c1-5-9-6-3-2-4-8-7(6)10-5;/h2-4H,1H3,(H,8,9,10);1H. The zero-order chi connectivity index (χ0) is 6.97. The van der Waals surface area contributed by atoms with E-state index in [1.165, 1.54) is 0 Å². The van der Waals surface area contributed by atoms with Crippen LogP contribution in [0.3, 0.4) is 0 Å². The zero-order valence-corrected chi connectivity index (χ0v) is 5.63. The number of imidazole rings is 1. The quantitative estimate of drug-likeness (QED) is 0.595. The predicted molar refractivity (Wildman–Crippen MR) is 40.7 cm³/mol. The lowest BCUT2D eigenvalue weighted by molar-refractivity contribution is 1.16. The van der Waals surface area contributed by atoms with Crippen LogP contribution < -0.4 is 0 Å². The van der Waals surface area contributed by atoms with Crippen LogP contribution in [0.15, 0.2) is 18.3 Å². The Kier molecular flexibility index (Phi) is 0.974. The molecule has 10 heavy (non-hydrogen) atoms.